The van der Waals surface area contributed by atoms with Gasteiger partial charge in [0, 0.05) is 31.7 Å². The Kier molecular flexibility index (Phi) is 4.66. The Morgan fingerprint density at radius 3 is 2.33 bits per heavy atom. The van der Waals surface area contributed by atoms with E-state index < -0.39 is 5.82 Å². The van der Waals surface area contributed by atoms with Crippen LogP contribution in [0, 0.1) is 5.82 Å². The van der Waals surface area contributed by atoms with Crippen LogP contribution in [-0.2, 0) is 0 Å². The minimum absolute atomic E-state index is 0.0630. The predicted molar refractivity (Wildman–Crippen MR) is 95.4 cm³/mol. The van der Waals surface area contributed by atoms with Crippen molar-refractivity contribution in [3.63, 3.8) is 0 Å². The van der Waals surface area contributed by atoms with Crippen LogP contribution in [0.25, 0.3) is 0 Å². The SMILES string of the molecule is O=C(c1ccc2c(c1)OCO2)N1CCCN(C(=O)c2ccccc2F)CC1. The summed E-state index contributed by atoms with van der Waals surface area (Å²) in [5.74, 6) is 0.204. The molecule has 140 valence electrons. The molecule has 2 heterocycles. The molecule has 2 aromatic carbocycles. The van der Waals surface area contributed by atoms with Crippen LogP contribution in [0.1, 0.15) is 27.1 Å². The lowest BCUT2D eigenvalue weighted by Crippen LogP contribution is -2.37. The zero-order chi connectivity index (χ0) is 18.8. The molecule has 0 unspecified atom stereocenters. The van der Waals surface area contributed by atoms with E-state index in [9.17, 15) is 14.0 Å². The first-order valence-corrected chi connectivity index (χ1v) is 8.86. The quantitative estimate of drug-likeness (QED) is 0.815. The number of halogens is 1. The summed E-state index contributed by atoms with van der Waals surface area (Å²) < 4.78 is 24.5. The number of carbonyl (C=O) groups excluding carboxylic acids is 2. The molecular formula is C20H19FN2O4. The predicted octanol–water partition coefficient (Wildman–Crippen LogP) is 2.54. The zero-order valence-corrected chi connectivity index (χ0v) is 14.7. The summed E-state index contributed by atoms with van der Waals surface area (Å²) in [6.07, 6.45) is 0.635. The molecule has 7 heteroatoms. The molecule has 1 saturated heterocycles. The van der Waals surface area contributed by atoms with Crippen LogP contribution in [0.2, 0.25) is 0 Å². The van der Waals surface area contributed by atoms with Gasteiger partial charge in [-0.15, -0.1) is 0 Å². The number of carbonyl (C=O) groups is 2. The van der Waals surface area contributed by atoms with Crippen molar-refractivity contribution in [1.82, 2.24) is 9.80 Å². The van der Waals surface area contributed by atoms with Crippen molar-refractivity contribution < 1.29 is 23.5 Å². The monoisotopic (exact) mass is 370 g/mol. The van der Waals surface area contributed by atoms with Gasteiger partial charge in [-0.3, -0.25) is 9.59 Å². The van der Waals surface area contributed by atoms with E-state index in [1.807, 2.05) is 0 Å². The van der Waals surface area contributed by atoms with Crippen LogP contribution >= 0.6 is 0 Å². The van der Waals surface area contributed by atoms with Crippen LogP contribution in [0.15, 0.2) is 42.5 Å². The number of hydrogen-bond acceptors (Lipinski definition) is 4. The van der Waals surface area contributed by atoms with Crippen molar-refractivity contribution >= 4 is 11.8 Å². The molecular weight excluding hydrogens is 351 g/mol. The highest BCUT2D eigenvalue weighted by atomic mass is 19.1. The average molecular weight is 370 g/mol. The average Bonchev–Trinajstić information content (AvgIpc) is 3.02. The van der Waals surface area contributed by atoms with Gasteiger partial charge in [0.05, 0.1) is 5.56 Å². The van der Waals surface area contributed by atoms with Crippen molar-refractivity contribution in [1.29, 1.82) is 0 Å². The lowest BCUT2D eigenvalue weighted by Gasteiger charge is -2.22. The first-order valence-electron chi connectivity index (χ1n) is 8.86. The zero-order valence-electron chi connectivity index (χ0n) is 14.7. The summed E-state index contributed by atoms with van der Waals surface area (Å²) in [5, 5.41) is 0. The minimum atomic E-state index is -0.528. The van der Waals surface area contributed by atoms with Crippen LogP contribution in [0.3, 0.4) is 0 Å². The van der Waals surface area contributed by atoms with Crippen molar-refractivity contribution in [3.8, 4) is 11.5 Å². The molecule has 27 heavy (non-hydrogen) atoms. The smallest absolute Gasteiger partial charge is 0.256 e. The van der Waals surface area contributed by atoms with Gasteiger partial charge in [0.1, 0.15) is 5.82 Å². The summed E-state index contributed by atoms with van der Waals surface area (Å²) in [6.45, 7) is 1.94. The number of amides is 2. The van der Waals surface area contributed by atoms with Gasteiger partial charge >= 0.3 is 0 Å². The maximum absolute atomic E-state index is 13.9. The Hall–Kier alpha value is -3.09. The number of ether oxygens (including phenoxy) is 2. The molecule has 4 rings (SSSR count). The normalized spacial score (nSPS) is 16.2. The van der Waals surface area contributed by atoms with E-state index in [4.69, 9.17) is 9.47 Å². The van der Waals surface area contributed by atoms with Gasteiger partial charge in [0.15, 0.2) is 11.5 Å². The van der Waals surface area contributed by atoms with E-state index in [0.717, 1.165) is 0 Å². The van der Waals surface area contributed by atoms with Gasteiger partial charge in [-0.05, 0) is 36.8 Å². The summed E-state index contributed by atoms with van der Waals surface area (Å²) in [4.78, 5) is 28.7. The van der Waals surface area contributed by atoms with Gasteiger partial charge < -0.3 is 19.3 Å². The second kappa shape index (κ2) is 7.26. The van der Waals surface area contributed by atoms with Crippen molar-refractivity contribution in [3.05, 3.63) is 59.4 Å². The molecule has 2 amide bonds. The molecule has 0 atom stereocenters. The van der Waals surface area contributed by atoms with E-state index in [1.165, 1.54) is 12.1 Å². The van der Waals surface area contributed by atoms with Gasteiger partial charge in [0.2, 0.25) is 6.79 Å². The Labute approximate surface area is 156 Å². The first kappa shape index (κ1) is 17.3. The molecule has 6 nitrogen and oxygen atoms in total. The fourth-order valence-electron chi connectivity index (χ4n) is 3.34. The van der Waals surface area contributed by atoms with Crippen molar-refractivity contribution in [2.45, 2.75) is 6.42 Å². The maximum Gasteiger partial charge on any atom is 0.256 e. The Morgan fingerprint density at radius 2 is 1.56 bits per heavy atom. The molecule has 0 bridgehead atoms. The molecule has 0 saturated carbocycles. The topological polar surface area (TPSA) is 59.1 Å². The van der Waals surface area contributed by atoms with E-state index in [-0.39, 0.29) is 24.2 Å². The van der Waals surface area contributed by atoms with Crippen LogP contribution in [0.4, 0.5) is 4.39 Å². The fourth-order valence-corrected chi connectivity index (χ4v) is 3.34. The molecule has 0 N–H and O–H groups in total. The fraction of sp³-hybridized carbons (Fsp3) is 0.300. The Balaban J connectivity index is 1.45. The lowest BCUT2D eigenvalue weighted by molar-refractivity contribution is 0.0716. The number of nitrogens with zero attached hydrogens (tertiary/aromatic N) is 2. The van der Waals surface area contributed by atoms with E-state index in [0.29, 0.717) is 49.7 Å². The highest BCUT2D eigenvalue weighted by Gasteiger charge is 2.26. The van der Waals surface area contributed by atoms with E-state index in [1.54, 1.807) is 40.1 Å². The number of benzene rings is 2. The summed E-state index contributed by atoms with van der Waals surface area (Å²) in [6, 6.07) is 11.1. The Morgan fingerprint density at radius 1 is 0.852 bits per heavy atom. The number of hydrogen-bond donors (Lipinski definition) is 0. The minimum Gasteiger partial charge on any atom is -0.454 e. The van der Waals surface area contributed by atoms with Crippen LogP contribution in [0.5, 0.6) is 11.5 Å². The third-order valence-corrected chi connectivity index (χ3v) is 4.79. The highest BCUT2D eigenvalue weighted by molar-refractivity contribution is 5.96. The number of fused-ring (bicyclic) bond motifs is 1. The van der Waals surface area contributed by atoms with Crippen LogP contribution < -0.4 is 9.47 Å². The highest BCUT2D eigenvalue weighted by Crippen LogP contribution is 2.32. The van der Waals surface area contributed by atoms with E-state index >= 15 is 0 Å². The third kappa shape index (κ3) is 3.45. The second-order valence-electron chi connectivity index (χ2n) is 6.49. The second-order valence-corrected chi connectivity index (χ2v) is 6.49. The summed E-state index contributed by atoms with van der Waals surface area (Å²) >= 11 is 0. The molecule has 2 aliphatic heterocycles. The van der Waals surface area contributed by atoms with Crippen molar-refractivity contribution in [2.75, 3.05) is 33.0 Å². The molecule has 0 radical (unpaired) electrons. The lowest BCUT2D eigenvalue weighted by atomic mass is 10.1. The molecule has 1 fully saturated rings. The Bertz CT molecular complexity index is 886. The van der Waals surface area contributed by atoms with Gasteiger partial charge in [-0.1, -0.05) is 12.1 Å². The molecule has 0 spiro atoms. The summed E-state index contributed by atoms with van der Waals surface area (Å²) in [7, 11) is 0. The third-order valence-electron chi connectivity index (χ3n) is 4.79. The standard InChI is InChI=1S/C20H19FN2O4/c21-16-5-2-1-4-15(16)20(25)23-9-3-8-22(10-11-23)19(24)14-6-7-17-18(12-14)27-13-26-17/h1-2,4-7,12H,3,8-11,13H2. The molecule has 0 aromatic heterocycles. The van der Waals surface area contributed by atoms with Gasteiger partial charge in [0.25, 0.3) is 11.8 Å². The van der Waals surface area contributed by atoms with Gasteiger partial charge in [-0.25, -0.2) is 4.39 Å². The largest absolute Gasteiger partial charge is 0.454 e. The number of rotatable bonds is 2. The van der Waals surface area contributed by atoms with Crippen LogP contribution in [-0.4, -0.2) is 54.6 Å². The van der Waals surface area contributed by atoms with E-state index in [2.05, 4.69) is 0 Å². The molecule has 0 aliphatic carbocycles. The first-order chi connectivity index (χ1) is 13.1. The van der Waals surface area contributed by atoms with Gasteiger partial charge in [-0.2, -0.15) is 0 Å². The maximum atomic E-state index is 13.9. The molecule has 2 aromatic rings. The molecule has 2 aliphatic rings. The summed E-state index contributed by atoms with van der Waals surface area (Å²) in [5.41, 5.74) is 0.584. The van der Waals surface area contributed by atoms with Crippen molar-refractivity contribution in [2.24, 2.45) is 0 Å².